The van der Waals surface area contributed by atoms with Crippen LogP contribution in [-0.2, 0) is 12.8 Å². The Bertz CT molecular complexity index is 883. The average molecular weight is 389 g/mol. The summed E-state index contributed by atoms with van der Waals surface area (Å²) in [6.07, 6.45) is 11.8. The topological polar surface area (TPSA) is 0 Å². The molecule has 0 unspecified atom stereocenters. The SMILES string of the molecule is CCCCCCc1ccc(-c2c3ccc4c2C(=C(CCCC)C4)[Si]3(C)C)cc1. The van der Waals surface area contributed by atoms with Gasteiger partial charge in [0.05, 0.1) is 0 Å². The molecular formula is C27H36Si. The molecule has 1 heteroatoms. The first-order chi connectivity index (χ1) is 13.6. The Morgan fingerprint density at radius 3 is 2.21 bits per heavy atom. The van der Waals surface area contributed by atoms with Crippen LogP contribution in [0.4, 0.5) is 0 Å². The van der Waals surface area contributed by atoms with Crippen LogP contribution in [0, 0.1) is 0 Å². The molecule has 0 saturated carbocycles. The Kier molecular flexibility index (Phi) is 5.65. The highest BCUT2D eigenvalue weighted by molar-refractivity contribution is 7.07. The van der Waals surface area contributed by atoms with Crippen LogP contribution in [0.2, 0.25) is 13.1 Å². The van der Waals surface area contributed by atoms with E-state index >= 15 is 0 Å². The molecule has 0 saturated heterocycles. The maximum absolute atomic E-state index is 2.58. The molecule has 2 aromatic carbocycles. The summed E-state index contributed by atoms with van der Waals surface area (Å²) in [7, 11) is -1.55. The Hall–Kier alpha value is -1.60. The van der Waals surface area contributed by atoms with Crippen LogP contribution >= 0.6 is 0 Å². The molecule has 2 aliphatic rings. The zero-order chi connectivity index (χ0) is 19.7. The second-order valence-electron chi connectivity index (χ2n) is 9.41. The predicted molar refractivity (Wildman–Crippen MR) is 127 cm³/mol. The van der Waals surface area contributed by atoms with Crippen molar-refractivity contribution >= 4 is 18.5 Å². The largest absolute Gasteiger partial charge is 0.113 e. The van der Waals surface area contributed by atoms with E-state index in [2.05, 4.69) is 63.3 Å². The van der Waals surface area contributed by atoms with Crippen molar-refractivity contribution in [2.75, 3.05) is 0 Å². The molecule has 2 aromatic rings. The first kappa shape index (κ1) is 19.7. The van der Waals surface area contributed by atoms with Crippen LogP contribution < -0.4 is 5.19 Å². The zero-order valence-corrected chi connectivity index (χ0v) is 19.3. The van der Waals surface area contributed by atoms with Gasteiger partial charge in [0, 0.05) is 0 Å². The van der Waals surface area contributed by atoms with Crippen molar-refractivity contribution in [3.63, 3.8) is 0 Å². The summed E-state index contributed by atoms with van der Waals surface area (Å²) >= 11 is 0. The summed E-state index contributed by atoms with van der Waals surface area (Å²) in [5.41, 5.74) is 9.57. The monoisotopic (exact) mass is 388 g/mol. The number of hydrogen-bond donors (Lipinski definition) is 0. The van der Waals surface area contributed by atoms with Gasteiger partial charge in [-0.05, 0) is 70.3 Å². The Labute approximate surface area is 173 Å². The molecule has 0 amide bonds. The minimum Gasteiger partial charge on any atom is -0.0655 e. The van der Waals surface area contributed by atoms with E-state index in [-0.39, 0.29) is 0 Å². The average Bonchev–Trinajstić information content (AvgIpc) is 3.15. The lowest BCUT2D eigenvalue weighted by molar-refractivity contribution is 0.667. The minimum absolute atomic E-state index is 1.21. The molecular weight excluding hydrogens is 352 g/mol. The fraction of sp³-hybridized carbons (Fsp3) is 0.481. The Morgan fingerprint density at radius 2 is 1.50 bits per heavy atom. The highest BCUT2D eigenvalue weighted by atomic mass is 28.3. The molecule has 0 fully saturated rings. The summed E-state index contributed by atoms with van der Waals surface area (Å²) in [6, 6.07) is 14.5. The number of rotatable bonds is 9. The zero-order valence-electron chi connectivity index (χ0n) is 18.3. The molecule has 1 aliphatic heterocycles. The van der Waals surface area contributed by atoms with Crippen molar-refractivity contribution in [2.45, 2.75) is 84.7 Å². The maximum atomic E-state index is 2.58. The van der Waals surface area contributed by atoms with Crippen LogP contribution in [0.25, 0.3) is 16.3 Å². The van der Waals surface area contributed by atoms with E-state index in [9.17, 15) is 0 Å². The number of fused-ring (bicyclic) bond motifs is 1. The van der Waals surface area contributed by atoms with Crippen LogP contribution in [0.3, 0.4) is 0 Å². The number of aryl methyl sites for hydroxylation is 1. The van der Waals surface area contributed by atoms with Crippen LogP contribution in [0.1, 0.15) is 75.5 Å². The minimum atomic E-state index is -1.55. The van der Waals surface area contributed by atoms with Crippen molar-refractivity contribution in [1.82, 2.24) is 0 Å². The molecule has 1 aliphatic carbocycles. The van der Waals surface area contributed by atoms with Gasteiger partial charge in [-0.3, -0.25) is 0 Å². The first-order valence-corrected chi connectivity index (χ1v) is 14.6. The van der Waals surface area contributed by atoms with Crippen LogP contribution in [0.15, 0.2) is 42.0 Å². The Morgan fingerprint density at radius 1 is 0.750 bits per heavy atom. The normalized spacial score (nSPS) is 16.3. The van der Waals surface area contributed by atoms with Gasteiger partial charge >= 0.3 is 0 Å². The molecule has 0 nitrogen and oxygen atoms in total. The second-order valence-corrected chi connectivity index (χ2v) is 13.7. The lowest BCUT2D eigenvalue weighted by Crippen LogP contribution is -2.39. The molecule has 0 spiro atoms. The number of unbranched alkanes of at least 4 members (excludes halogenated alkanes) is 4. The van der Waals surface area contributed by atoms with Crippen molar-refractivity contribution in [3.8, 4) is 11.1 Å². The van der Waals surface area contributed by atoms with Gasteiger partial charge in [-0.2, -0.15) is 0 Å². The molecule has 0 atom stereocenters. The lowest BCUT2D eigenvalue weighted by atomic mass is 9.95. The van der Waals surface area contributed by atoms with Crippen molar-refractivity contribution in [3.05, 3.63) is 58.7 Å². The van der Waals surface area contributed by atoms with Gasteiger partial charge in [-0.25, -0.2) is 0 Å². The fourth-order valence-electron chi connectivity index (χ4n) is 5.48. The second kappa shape index (κ2) is 8.03. The van der Waals surface area contributed by atoms with Gasteiger partial charge in [0.25, 0.3) is 0 Å². The van der Waals surface area contributed by atoms with E-state index in [1.54, 1.807) is 32.6 Å². The van der Waals surface area contributed by atoms with Crippen molar-refractivity contribution in [1.29, 1.82) is 0 Å². The molecule has 0 radical (unpaired) electrons. The lowest BCUT2D eigenvalue weighted by Gasteiger charge is -2.22. The van der Waals surface area contributed by atoms with Gasteiger partial charge in [0.1, 0.15) is 8.07 Å². The summed E-state index contributed by atoms with van der Waals surface area (Å²) in [6.45, 7) is 9.76. The maximum Gasteiger partial charge on any atom is 0.113 e. The van der Waals surface area contributed by atoms with E-state index in [1.807, 2.05) is 0 Å². The predicted octanol–water partition coefficient (Wildman–Crippen LogP) is 7.44. The van der Waals surface area contributed by atoms with Gasteiger partial charge in [-0.1, -0.05) is 94.6 Å². The van der Waals surface area contributed by atoms with Crippen LogP contribution in [-0.4, -0.2) is 8.07 Å². The first-order valence-electron chi connectivity index (χ1n) is 11.6. The standard InChI is InChI=1S/C27H36Si/c1-5-7-9-10-11-20-13-15-21(16-14-20)25-24-18-17-22-19-23(12-8-6-2)27(26(22)25)28(24,3)4/h13-18H,5-12,19H2,1-4H3. The number of benzene rings is 2. The van der Waals surface area contributed by atoms with Gasteiger partial charge in [0.2, 0.25) is 0 Å². The van der Waals surface area contributed by atoms with Gasteiger partial charge in [0.15, 0.2) is 0 Å². The molecule has 4 rings (SSSR count). The molecule has 148 valence electrons. The smallest absolute Gasteiger partial charge is 0.0655 e. The van der Waals surface area contributed by atoms with E-state index in [1.165, 1.54) is 68.9 Å². The summed E-state index contributed by atoms with van der Waals surface area (Å²) in [5.74, 6) is 0. The Balaban J connectivity index is 1.66. The van der Waals surface area contributed by atoms with Crippen molar-refractivity contribution < 1.29 is 0 Å². The summed E-state index contributed by atoms with van der Waals surface area (Å²) < 4.78 is 0. The summed E-state index contributed by atoms with van der Waals surface area (Å²) in [5, 5.41) is 3.47. The van der Waals surface area contributed by atoms with E-state index < -0.39 is 8.07 Å². The third-order valence-electron chi connectivity index (χ3n) is 6.99. The van der Waals surface area contributed by atoms with Crippen LogP contribution in [0.5, 0.6) is 0 Å². The molecule has 28 heavy (non-hydrogen) atoms. The van der Waals surface area contributed by atoms with E-state index in [4.69, 9.17) is 0 Å². The molecule has 0 N–H and O–H groups in total. The summed E-state index contributed by atoms with van der Waals surface area (Å²) in [4.78, 5) is 0. The third-order valence-corrected chi connectivity index (χ3v) is 10.6. The number of allylic oxidation sites excluding steroid dienone is 1. The molecule has 2 bridgehead atoms. The third kappa shape index (κ3) is 3.32. The quantitative estimate of drug-likeness (QED) is 0.309. The number of hydrogen-bond acceptors (Lipinski definition) is 0. The highest BCUT2D eigenvalue weighted by Crippen LogP contribution is 2.50. The fourth-order valence-corrected chi connectivity index (χ4v) is 9.15. The molecule has 1 heterocycles. The van der Waals surface area contributed by atoms with Gasteiger partial charge in [-0.15, -0.1) is 0 Å². The van der Waals surface area contributed by atoms with Crippen molar-refractivity contribution in [2.24, 2.45) is 0 Å². The van der Waals surface area contributed by atoms with E-state index in [0.29, 0.717) is 0 Å². The molecule has 0 aromatic heterocycles. The highest BCUT2D eigenvalue weighted by Gasteiger charge is 2.45. The van der Waals surface area contributed by atoms with Gasteiger partial charge < -0.3 is 0 Å². The van der Waals surface area contributed by atoms with E-state index in [0.717, 1.165) is 0 Å².